The fourth-order valence-electron chi connectivity index (χ4n) is 0.911. The Kier molecular flexibility index (Phi) is 1.55. The fourth-order valence-corrected chi connectivity index (χ4v) is 1.21. The summed E-state index contributed by atoms with van der Waals surface area (Å²) in [5, 5.41) is 12.5. The van der Waals surface area contributed by atoms with Crippen molar-refractivity contribution in [2.24, 2.45) is 0 Å². The van der Waals surface area contributed by atoms with Crippen molar-refractivity contribution in [2.45, 2.75) is 0 Å². The quantitative estimate of drug-likeness (QED) is 0.633. The molecular weight excluding hydrogens is 220 g/mol. The summed E-state index contributed by atoms with van der Waals surface area (Å²) < 4.78 is 2.29. The van der Waals surface area contributed by atoms with Crippen molar-refractivity contribution in [2.75, 3.05) is 0 Å². The molecule has 58 valence electrons. The zero-order valence-corrected chi connectivity index (χ0v) is 7.48. The van der Waals surface area contributed by atoms with E-state index in [4.69, 9.17) is 5.26 Å². The number of hydrogen-bond acceptors (Lipinski definition) is 3. The van der Waals surface area contributed by atoms with Crippen molar-refractivity contribution >= 4 is 21.6 Å². The van der Waals surface area contributed by atoms with Crippen molar-refractivity contribution in [1.29, 1.82) is 5.26 Å². The SMILES string of the molecule is N#Cc1cc2nc(Br)ccn2n1. The minimum Gasteiger partial charge on any atom is -0.222 e. The maximum Gasteiger partial charge on any atom is 0.165 e. The van der Waals surface area contributed by atoms with Crippen LogP contribution in [0, 0.1) is 11.3 Å². The molecule has 2 heterocycles. The summed E-state index contributed by atoms with van der Waals surface area (Å²) in [5.74, 6) is 0. The second kappa shape index (κ2) is 2.57. The first kappa shape index (κ1) is 7.25. The van der Waals surface area contributed by atoms with Gasteiger partial charge in [0.15, 0.2) is 11.3 Å². The Morgan fingerprint density at radius 3 is 3.17 bits per heavy atom. The molecule has 4 nitrogen and oxygen atoms in total. The van der Waals surface area contributed by atoms with Crippen LogP contribution in [0.2, 0.25) is 0 Å². The maximum atomic E-state index is 8.54. The lowest BCUT2D eigenvalue weighted by Crippen LogP contribution is -1.88. The molecule has 0 aliphatic heterocycles. The van der Waals surface area contributed by atoms with Gasteiger partial charge in [-0.2, -0.15) is 10.4 Å². The van der Waals surface area contributed by atoms with Gasteiger partial charge in [-0.25, -0.2) is 9.50 Å². The monoisotopic (exact) mass is 222 g/mol. The van der Waals surface area contributed by atoms with E-state index in [-0.39, 0.29) is 0 Å². The van der Waals surface area contributed by atoms with Gasteiger partial charge in [-0.15, -0.1) is 0 Å². The standard InChI is InChI=1S/C7H3BrN4/c8-6-1-2-12-7(10-6)3-5(4-9)11-12/h1-3H. The van der Waals surface area contributed by atoms with Crippen LogP contribution in [0.5, 0.6) is 0 Å². The average Bonchev–Trinajstić information content (AvgIpc) is 2.46. The van der Waals surface area contributed by atoms with Crippen molar-refractivity contribution in [3.63, 3.8) is 0 Å². The van der Waals surface area contributed by atoms with Crippen molar-refractivity contribution in [1.82, 2.24) is 14.6 Å². The minimum absolute atomic E-state index is 0.376. The summed E-state index contributed by atoms with van der Waals surface area (Å²) in [4.78, 5) is 4.11. The van der Waals surface area contributed by atoms with E-state index in [1.807, 2.05) is 6.07 Å². The van der Waals surface area contributed by atoms with Crippen LogP contribution < -0.4 is 0 Å². The third kappa shape index (κ3) is 1.06. The molecule has 0 saturated heterocycles. The first-order chi connectivity index (χ1) is 5.79. The predicted molar refractivity (Wildman–Crippen MR) is 45.4 cm³/mol. The van der Waals surface area contributed by atoms with Crippen molar-refractivity contribution < 1.29 is 0 Å². The van der Waals surface area contributed by atoms with Gasteiger partial charge in [0, 0.05) is 12.3 Å². The van der Waals surface area contributed by atoms with Crippen molar-refractivity contribution in [3.8, 4) is 6.07 Å². The molecule has 0 N–H and O–H groups in total. The van der Waals surface area contributed by atoms with Crippen LogP contribution in [0.1, 0.15) is 5.69 Å². The molecule has 0 aliphatic rings. The number of aromatic nitrogens is 3. The molecule has 5 heteroatoms. The molecule has 12 heavy (non-hydrogen) atoms. The highest BCUT2D eigenvalue weighted by atomic mass is 79.9. The summed E-state index contributed by atoms with van der Waals surface area (Å²) >= 11 is 3.23. The second-order valence-corrected chi connectivity index (χ2v) is 3.01. The highest BCUT2D eigenvalue weighted by Gasteiger charge is 2.00. The zero-order valence-electron chi connectivity index (χ0n) is 5.90. The molecule has 0 aromatic carbocycles. The fraction of sp³-hybridized carbons (Fsp3) is 0. The molecule has 0 atom stereocenters. The van der Waals surface area contributed by atoms with Crippen LogP contribution in [-0.2, 0) is 0 Å². The number of nitrogens with zero attached hydrogens (tertiary/aromatic N) is 4. The highest BCUT2D eigenvalue weighted by Crippen LogP contribution is 2.08. The molecule has 0 bridgehead atoms. The lowest BCUT2D eigenvalue weighted by atomic mass is 10.5. The topological polar surface area (TPSA) is 54.0 Å². The lowest BCUT2D eigenvalue weighted by molar-refractivity contribution is 0.926. The van der Waals surface area contributed by atoms with Gasteiger partial charge >= 0.3 is 0 Å². The molecule has 0 saturated carbocycles. The minimum atomic E-state index is 0.376. The third-order valence-corrected chi connectivity index (χ3v) is 1.85. The first-order valence-corrected chi connectivity index (χ1v) is 4.01. The average molecular weight is 223 g/mol. The molecule has 0 fully saturated rings. The van der Waals surface area contributed by atoms with Crippen molar-refractivity contribution in [3.05, 3.63) is 28.6 Å². The number of rotatable bonds is 0. The van der Waals surface area contributed by atoms with Gasteiger partial charge in [0.1, 0.15) is 10.7 Å². The van der Waals surface area contributed by atoms with Gasteiger partial charge < -0.3 is 0 Å². The molecule has 2 rings (SSSR count). The van der Waals surface area contributed by atoms with E-state index < -0.39 is 0 Å². The molecule has 2 aromatic rings. The summed E-state index contributed by atoms with van der Waals surface area (Å²) in [6, 6.07) is 5.34. The Balaban J connectivity index is 2.77. The Labute approximate surface area is 76.6 Å². The number of fused-ring (bicyclic) bond motifs is 1. The smallest absolute Gasteiger partial charge is 0.165 e. The lowest BCUT2D eigenvalue weighted by Gasteiger charge is -1.90. The van der Waals surface area contributed by atoms with Crippen LogP contribution in [0.15, 0.2) is 22.9 Å². The third-order valence-electron chi connectivity index (χ3n) is 1.41. The van der Waals surface area contributed by atoms with E-state index in [1.165, 1.54) is 0 Å². The number of halogens is 1. The zero-order chi connectivity index (χ0) is 8.55. The summed E-state index contributed by atoms with van der Waals surface area (Å²) in [5.41, 5.74) is 1.04. The van der Waals surface area contributed by atoms with Crippen LogP contribution in [0.25, 0.3) is 5.65 Å². The van der Waals surface area contributed by atoms with Gasteiger partial charge in [-0.05, 0) is 22.0 Å². The molecule has 0 unspecified atom stereocenters. The Bertz CT molecular complexity index is 468. The summed E-state index contributed by atoms with van der Waals surface area (Å²) in [6.45, 7) is 0. The predicted octanol–water partition coefficient (Wildman–Crippen LogP) is 1.36. The van der Waals surface area contributed by atoms with Gasteiger partial charge in [0.05, 0.1) is 0 Å². The Morgan fingerprint density at radius 1 is 1.58 bits per heavy atom. The molecular formula is C7H3BrN4. The molecule has 0 radical (unpaired) electrons. The van der Waals surface area contributed by atoms with Gasteiger partial charge in [-0.1, -0.05) is 0 Å². The van der Waals surface area contributed by atoms with E-state index in [0.717, 1.165) is 4.60 Å². The van der Waals surface area contributed by atoms with Crippen LogP contribution in [0.4, 0.5) is 0 Å². The Morgan fingerprint density at radius 2 is 2.42 bits per heavy atom. The van der Waals surface area contributed by atoms with Gasteiger partial charge in [-0.3, -0.25) is 0 Å². The molecule has 2 aromatic heterocycles. The molecule has 0 aliphatic carbocycles. The molecule has 0 spiro atoms. The van der Waals surface area contributed by atoms with Gasteiger partial charge in [0.25, 0.3) is 0 Å². The number of hydrogen-bond donors (Lipinski definition) is 0. The summed E-state index contributed by atoms with van der Waals surface area (Å²) in [6.07, 6.45) is 1.74. The number of nitriles is 1. The van der Waals surface area contributed by atoms with Gasteiger partial charge in [0.2, 0.25) is 0 Å². The normalized spacial score (nSPS) is 10.0. The van der Waals surface area contributed by atoms with E-state index in [0.29, 0.717) is 11.3 Å². The second-order valence-electron chi connectivity index (χ2n) is 2.19. The maximum absolute atomic E-state index is 8.54. The van der Waals surface area contributed by atoms with Crippen LogP contribution >= 0.6 is 15.9 Å². The molecule has 0 amide bonds. The highest BCUT2D eigenvalue weighted by molar-refractivity contribution is 9.10. The Hall–Kier alpha value is -1.41. The van der Waals surface area contributed by atoms with Crippen LogP contribution in [-0.4, -0.2) is 14.6 Å². The largest absolute Gasteiger partial charge is 0.222 e. The van der Waals surface area contributed by atoms with E-state index in [9.17, 15) is 0 Å². The summed E-state index contributed by atoms with van der Waals surface area (Å²) in [7, 11) is 0. The van der Waals surface area contributed by atoms with E-state index in [1.54, 1.807) is 22.8 Å². The van der Waals surface area contributed by atoms with E-state index >= 15 is 0 Å². The first-order valence-electron chi connectivity index (χ1n) is 3.21. The van der Waals surface area contributed by atoms with E-state index in [2.05, 4.69) is 26.0 Å². The van der Waals surface area contributed by atoms with Crippen LogP contribution in [0.3, 0.4) is 0 Å².